The van der Waals surface area contributed by atoms with E-state index in [4.69, 9.17) is 18.9 Å². The molecule has 0 bridgehead atoms. The molecule has 0 saturated carbocycles. The Morgan fingerprint density at radius 2 is 1.04 bits per heavy atom. The van der Waals surface area contributed by atoms with E-state index < -0.39 is 0 Å². The third-order valence-corrected chi connectivity index (χ3v) is 3.47. The lowest BCUT2D eigenvalue weighted by atomic mass is 10.3. The molecule has 0 amide bonds. The number of rotatable bonds is 6. The van der Waals surface area contributed by atoms with Crippen LogP contribution in [0.3, 0.4) is 0 Å². The van der Waals surface area contributed by atoms with E-state index in [0.29, 0.717) is 13.2 Å². The van der Waals surface area contributed by atoms with Crippen molar-refractivity contribution >= 4 is 0 Å². The van der Waals surface area contributed by atoms with E-state index in [1.165, 1.54) is 0 Å². The lowest BCUT2D eigenvalue weighted by Gasteiger charge is -2.26. The molecule has 2 saturated heterocycles. The van der Waals surface area contributed by atoms with Crippen molar-refractivity contribution in [1.82, 2.24) is 0 Å². The minimum atomic E-state index is -0.291. The smallest absolute Gasteiger partial charge is 0.177 e. The maximum atomic E-state index is 5.87. The molecule has 6 nitrogen and oxygen atoms in total. The van der Waals surface area contributed by atoms with Gasteiger partial charge in [-0.15, -0.1) is 0 Å². The Kier molecular flexibility index (Phi) is 10.7. The first-order valence-corrected chi connectivity index (χ1v) is 7.94. The molecule has 4 atom stereocenters. The van der Waals surface area contributed by atoms with E-state index in [1.54, 1.807) is 0 Å². The molecule has 0 aliphatic carbocycles. The second-order valence-electron chi connectivity index (χ2n) is 8.25. The highest BCUT2D eigenvalue weighted by molar-refractivity contribution is 4.92. The van der Waals surface area contributed by atoms with E-state index in [9.17, 15) is 0 Å². The van der Waals surface area contributed by atoms with Gasteiger partial charge in [-0.1, -0.05) is 0 Å². The molecule has 0 spiro atoms. The van der Waals surface area contributed by atoms with Crippen LogP contribution in [0.25, 0.3) is 0 Å². The topological polar surface area (TPSA) is 36.9 Å². The van der Waals surface area contributed by atoms with Crippen LogP contribution in [0, 0.1) is 0 Å². The molecule has 2 aliphatic rings. The van der Waals surface area contributed by atoms with E-state index in [-0.39, 0.29) is 72.7 Å². The fourth-order valence-corrected chi connectivity index (χ4v) is 2.74. The first-order valence-electron chi connectivity index (χ1n) is 7.94. The molecule has 2 aliphatic heterocycles. The van der Waals surface area contributed by atoms with Gasteiger partial charge in [0.25, 0.3) is 0 Å². The summed E-state index contributed by atoms with van der Waals surface area (Å²) in [6, 6.07) is 0. The van der Waals surface area contributed by atoms with Gasteiger partial charge in [-0.05, 0) is 12.2 Å². The summed E-state index contributed by atoms with van der Waals surface area (Å²) < 4.78 is 24.8. The minimum absolute atomic E-state index is 0. The van der Waals surface area contributed by atoms with Crippen LogP contribution < -0.4 is 48.0 Å². The molecule has 0 N–H and O–H groups in total. The van der Waals surface area contributed by atoms with Crippen molar-refractivity contribution in [1.29, 1.82) is 0 Å². The number of quaternary nitrogens is 2. The van der Waals surface area contributed by atoms with Gasteiger partial charge in [0.15, 0.2) is 12.6 Å². The molecule has 144 valence electrons. The Morgan fingerprint density at radius 3 is 1.33 bits per heavy atom. The van der Waals surface area contributed by atoms with Gasteiger partial charge in [-0.3, -0.25) is 0 Å². The summed E-state index contributed by atoms with van der Waals surface area (Å²) in [6.07, 6.45) is 3.50. The number of hydrogen-bond donors (Lipinski definition) is 0. The van der Waals surface area contributed by atoms with Crippen LogP contribution in [-0.4, -0.2) is 102 Å². The van der Waals surface area contributed by atoms with Gasteiger partial charge >= 0.3 is 0 Å². The number of halogens is 2. The maximum absolute atomic E-state index is 5.87. The highest BCUT2D eigenvalue weighted by Crippen LogP contribution is 2.18. The fraction of sp³-hybridized carbons (Fsp3) is 0.875. The molecule has 4 unspecified atom stereocenters. The van der Waals surface area contributed by atoms with Gasteiger partial charge in [0, 0.05) is 0 Å². The summed E-state index contributed by atoms with van der Waals surface area (Å²) >= 11 is 0. The van der Waals surface area contributed by atoms with Crippen LogP contribution in [0.5, 0.6) is 0 Å². The summed E-state index contributed by atoms with van der Waals surface area (Å²) in [5.74, 6) is 0. The number of ether oxygens (including phenoxy) is 4. The van der Waals surface area contributed by atoms with Crippen molar-refractivity contribution in [3.05, 3.63) is 12.2 Å². The molecular weight excluding hydrogens is 538 g/mol. The van der Waals surface area contributed by atoms with Crippen LogP contribution in [0.2, 0.25) is 0 Å². The van der Waals surface area contributed by atoms with E-state index in [1.807, 2.05) is 12.2 Å². The average Bonchev–Trinajstić information content (AvgIpc) is 2.92. The molecule has 8 heteroatoms. The molecule has 0 radical (unpaired) electrons. The molecule has 24 heavy (non-hydrogen) atoms. The van der Waals surface area contributed by atoms with Gasteiger partial charge in [0.1, 0.15) is 25.3 Å². The van der Waals surface area contributed by atoms with Gasteiger partial charge < -0.3 is 75.9 Å². The average molecular weight is 570 g/mol. The summed E-state index contributed by atoms with van der Waals surface area (Å²) in [7, 11) is 12.9. The second kappa shape index (κ2) is 10.3. The molecule has 0 aromatic carbocycles. The number of nitrogens with zero attached hydrogens (tertiary/aromatic N) is 2. The largest absolute Gasteiger partial charge is 1.00 e. The van der Waals surface area contributed by atoms with Gasteiger partial charge in [-0.25, -0.2) is 0 Å². The first-order chi connectivity index (χ1) is 10.1. The van der Waals surface area contributed by atoms with E-state index in [2.05, 4.69) is 42.3 Å². The third kappa shape index (κ3) is 9.60. The predicted octanol–water partition coefficient (Wildman–Crippen LogP) is -5.55. The van der Waals surface area contributed by atoms with Crippen LogP contribution in [0.15, 0.2) is 12.2 Å². The van der Waals surface area contributed by atoms with Crippen molar-refractivity contribution in [2.45, 2.75) is 24.8 Å². The highest BCUT2D eigenvalue weighted by atomic mass is 127. The Labute approximate surface area is 180 Å². The Hall–Kier alpha value is 0.960. The van der Waals surface area contributed by atoms with Gasteiger partial charge in [0.2, 0.25) is 0 Å². The van der Waals surface area contributed by atoms with Crippen molar-refractivity contribution in [3.8, 4) is 0 Å². The van der Waals surface area contributed by atoms with Gasteiger partial charge in [0.05, 0.1) is 55.5 Å². The zero-order valence-corrected chi connectivity index (χ0v) is 19.9. The molecular formula is C16H32I2N2O4. The quantitative estimate of drug-likeness (QED) is 0.182. The Morgan fingerprint density at radius 1 is 0.708 bits per heavy atom. The van der Waals surface area contributed by atoms with Crippen molar-refractivity contribution in [2.75, 3.05) is 68.6 Å². The van der Waals surface area contributed by atoms with Crippen LogP contribution in [-0.2, 0) is 18.9 Å². The van der Waals surface area contributed by atoms with Crippen molar-refractivity contribution in [2.24, 2.45) is 0 Å². The normalized spacial score (nSPS) is 31.1. The highest BCUT2D eigenvalue weighted by Gasteiger charge is 2.31. The molecule has 2 rings (SSSR count). The first kappa shape index (κ1) is 25.0. The van der Waals surface area contributed by atoms with Crippen molar-refractivity contribution in [3.63, 3.8) is 0 Å². The SMILES string of the molecule is C[N+](C)(C)CC1COC(/C=C/C2OCC(C[N+](C)(C)C)O2)O1.[I-].[I-]. The lowest BCUT2D eigenvalue weighted by molar-refractivity contribution is -0.873. The summed E-state index contributed by atoms with van der Waals surface area (Å²) in [5, 5.41) is 0. The van der Waals surface area contributed by atoms with E-state index in [0.717, 1.165) is 22.1 Å². The molecule has 2 fully saturated rings. The third-order valence-electron chi connectivity index (χ3n) is 3.47. The zero-order chi connectivity index (χ0) is 16.4. The second-order valence-corrected chi connectivity index (χ2v) is 8.25. The number of hydrogen-bond acceptors (Lipinski definition) is 4. The predicted molar refractivity (Wildman–Crippen MR) is 84.2 cm³/mol. The summed E-state index contributed by atoms with van der Waals surface area (Å²) in [6.45, 7) is 3.15. The summed E-state index contributed by atoms with van der Waals surface area (Å²) in [5.41, 5.74) is 0. The maximum Gasteiger partial charge on any atom is 0.177 e. The molecule has 0 aromatic rings. The van der Waals surface area contributed by atoms with Crippen LogP contribution in [0.4, 0.5) is 0 Å². The Balaban J connectivity index is 0.00000264. The molecule has 2 heterocycles. The lowest BCUT2D eigenvalue weighted by Crippen LogP contribution is -3.00. The van der Waals surface area contributed by atoms with Crippen LogP contribution in [0.1, 0.15) is 0 Å². The number of likely N-dealkylation sites (N-methyl/N-ethyl adjacent to an activating group) is 2. The zero-order valence-electron chi connectivity index (χ0n) is 15.6. The Bertz CT molecular complexity index is 361. The monoisotopic (exact) mass is 570 g/mol. The van der Waals surface area contributed by atoms with Crippen molar-refractivity contribution < 1.29 is 75.9 Å². The summed E-state index contributed by atoms with van der Waals surface area (Å²) in [4.78, 5) is 0. The van der Waals surface area contributed by atoms with Gasteiger partial charge in [-0.2, -0.15) is 0 Å². The van der Waals surface area contributed by atoms with E-state index >= 15 is 0 Å². The van der Waals surface area contributed by atoms with Crippen LogP contribution >= 0.6 is 0 Å². The fourth-order valence-electron chi connectivity index (χ4n) is 2.74. The standard InChI is InChI=1S/C16H32N2O4.2HI/c1-17(2,3)9-13-11-19-15(21-13)7-8-16-20-12-14(22-16)10-18(4,5)6;;/h7-8,13-16H,9-12H2,1-6H3;2*1H/q+2;;/p-2/b8-7+;;. The minimum Gasteiger partial charge on any atom is -1.00 e. The molecule has 0 aromatic heterocycles.